The van der Waals surface area contributed by atoms with Crippen LogP contribution in [0.15, 0.2) is 83.8 Å². The van der Waals surface area contributed by atoms with Crippen LogP contribution in [0, 0.1) is 5.21 Å². The van der Waals surface area contributed by atoms with Crippen molar-refractivity contribution in [3.05, 3.63) is 101 Å². The number of rotatable bonds is 2. The third-order valence-electron chi connectivity index (χ3n) is 6.34. The van der Waals surface area contributed by atoms with Crippen molar-refractivity contribution >= 4 is 27.4 Å². The Bertz CT molecular complexity index is 1320. The quantitative estimate of drug-likeness (QED) is 0.448. The fraction of sp³-hybridized carbons (Fsp3) is 0.185. The second-order valence-electron chi connectivity index (χ2n) is 8.30. The van der Waals surface area contributed by atoms with Crippen molar-refractivity contribution in [1.82, 2.24) is 0 Å². The summed E-state index contributed by atoms with van der Waals surface area (Å²) in [5.74, 6) is 0. The van der Waals surface area contributed by atoms with E-state index in [0.717, 1.165) is 17.0 Å². The van der Waals surface area contributed by atoms with Crippen molar-refractivity contribution in [3.8, 4) is 11.1 Å². The molecular formula is C27H25KN2O2S. The molecule has 33 heavy (non-hydrogen) atoms. The number of hydrogen-bond donors (Lipinski definition) is 1. The molecule has 4 aromatic rings. The van der Waals surface area contributed by atoms with Gasteiger partial charge in [0, 0.05) is 12.2 Å². The first-order chi connectivity index (χ1) is 15.6. The van der Waals surface area contributed by atoms with E-state index in [1.807, 2.05) is 6.07 Å². The molecule has 0 bridgehead atoms. The van der Waals surface area contributed by atoms with Crippen molar-refractivity contribution in [1.29, 1.82) is 0 Å². The van der Waals surface area contributed by atoms with Crippen LogP contribution in [0.3, 0.4) is 0 Å². The van der Waals surface area contributed by atoms with E-state index in [0.29, 0.717) is 17.1 Å². The van der Waals surface area contributed by atoms with Crippen LogP contribution in [0.5, 0.6) is 0 Å². The fourth-order valence-electron chi connectivity index (χ4n) is 4.67. The summed E-state index contributed by atoms with van der Waals surface area (Å²) < 4.78 is 10.9. The Kier molecular flexibility index (Phi) is 8.20. The summed E-state index contributed by atoms with van der Waals surface area (Å²) in [6.07, 6.45) is 4.57. The van der Waals surface area contributed by atoms with Crippen molar-refractivity contribution in [2.45, 2.75) is 30.6 Å². The molecular weight excluding hydrogens is 455 g/mol. The molecule has 0 saturated carbocycles. The summed E-state index contributed by atoms with van der Waals surface area (Å²) in [4.78, 5) is 0.501. The Morgan fingerprint density at radius 2 is 1.58 bits per heavy atom. The second kappa shape index (κ2) is 10.9. The van der Waals surface area contributed by atoms with E-state index < -0.39 is 11.0 Å². The molecule has 4 nitrogen and oxygen atoms in total. The first kappa shape index (κ1) is 24.8. The van der Waals surface area contributed by atoms with Crippen molar-refractivity contribution in [2.75, 3.05) is 11.6 Å². The third-order valence-corrected chi connectivity index (χ3v) is 7.06. The molecule has 6 heteroatoms. The summed E-state index contributed by atoms with van der Waals surface area (Å²) in [6.45, 7) is 0.482. The number of benzene rings is 4. The van der Waals surface area contributed by atoms with Gasteiger partial charge in [-0.25, -0.2) is 9.35 Å². The number of aryl methyl sites for hydroxylation is 2. The van der Waals surface area contributed by atoms with Gasteiger partial charge in [0.25, 0.3) is 0 Å². The molecule has 1 unspecified atom stereocenters. The number of anilines is 1. The normalized spacial score (nSPS) is 14.7. The van der Waals surface area contributed by atoms with Gasteiger partial charge in [0.1, 0.15) is 11.0 Å². The first-order valence-corrected chi connectivity index (χ1v) is 12.1. The zero-order valence-electron chi connectivity index (χ0n) is 18.8. The molecule has 1 aliphatic heterocycles. The van der Waals surface area contributed by atoms with Crippen LogP contribution in [0.25, 0.3) is 21.9 Å². The molecule has 2 N–H and O–H groups in total. The van der Waals surface area contributed by atoms with Gasteiger partial charge in [-0.05, 0) is 76.4 Å². The van der Waals surface area contributed by atoms with Crippen molar-refractivity contribution in [2.24, 2.45) is 5.14 Å². The van der Waals surface area contributed by atoms with Gasteiger partial charge >= 0.3 is 51.4 Å². The Balaban J connectivity index is 0.000000164. The van der Waals surface area contributed by atoms with E-state index in [1.165, 1.54) is 41.2 Å². The Morgan fingerprint density at radius 3 is 2.42 bits per heavy atom. The minimum atomic E-state index is -1.50. The minimum Gasteiger partial charge on any atom is -0.758 e. The average molecular weight is 481 g/mol. The topological polar surface area (TPSA) is 69.4 Å². The van der Waals surface area contributed by atoms with Crippen LogP contribution in [-0.2, 0) is 30.2 Å². The predicted molar refractivity (Wildman–Crippen MR) is 133 cm³/mol. The van der Waals surface area contributed by atoms with E-state index in [1.54, 1.807) is 23.3 Å². The van der Waals surface area contributed by atoms with Crippen LogP contribution in [0.2, 0.25) is 0 Å². The molecule has 0 spiro atoms. The minimum absolute atomic E-state index is 0. The maximum Gasteiger partial charge on any atom is 1.00 e. The summed E-state index contributed by atoms with van der Waals surface area (Å²) in [7, 11) is -1.50. The van der Waals surface area contributed by atoms with E-state index in [4.69, 9.17) is 5.14 Å². The number of hydrogen-bond acceptors (Lipinski definition) is 3. The van der Waals surface area contributed by atoms with Crippen LogP contribution in [-0.4, -0.2) is 10.8 Å². The molecule has 162 valence electrons. The maximum absolute atomic E-state index is 11.2. The fourth-order valence-corrected chi connectivity index (χ4v) is 5.10. The standard InChI is InChI=1S/C19H16.C8H9N2O2S.K/c1-2-9-18-15(5-1)7-4-10-19(18)17-12-11-14-6-3-8-16(14)13-17;9-13(12)7-2-1-6-3-4-10(11)8(6)5-7;/h1-2,4-5,7,9-13H,3,6,8H2;1-2,5H,3-4,9H2;/q;-1;+1. The molecule has 0 radical (unpaired) electrons. The van der Waals surface area contributed by atoms with E-state index in [9.17, 15) is 9.42 Å². The van der Waals surface area contributed by atoms with Crippen LogP contribution in [0.4, 0.5) is 5.69 Å². The first-order valence-electron chi connectivity index (χ1n) is 10.9. The molecule has 0 fully saturated rings. The number of nitrogens with two attached hydrogens (primary N) is 1. The van der Waals surface area contributed by atoms with Gasteiger partial charge in [-0.1, -0.05) is 66.7 Å². The van der Waals surface area contributed by atoms with Crippen LogP contribution >= 0.6 is 0 Å². The molecule has 6 rings (SSSR count). The van der Waals surface area contributed by atoms with Gasteiger partial charge < -0.3 is 10.3 Å². The SMILES string of the molecule is NS(=O)c1ccc2c(c1)N([O-])CC2.[K+].c1ccc2c(-c3ccc4c(c3)CCC4)cccc2c1. The van der Waals surface area contributed by atoms with Gasteiger partial charge in [-0.15, -0.1) is 0 Å². The summed E-state index contributed by atoms with van der Waals surface area (Å²) in [5.41, 5.74) is 7.42. The van der Waals surface area contributed by atoms with Crippen molar-refractivity contribution in [3.63, 3.8) is 0 Å². The third kappa shape index (κ3) is 5.34. The largest absolute Gasteiger partial charge is 1.00 e. The molecule has 1 aliphatic carbocycles. The van der Waals surface area contributed by atoms with Crippen molar-refractivity contribution < 1.29 is 55.6 Å². The summed E-state index contributed by atoms with van der Waals surface area (Å²) in [6, 6.07) is 27.3. The predicted octanol–water partition coefficient (Wildman–Crippen LogP) is 2.53. The zero-order valence-corrected chi connectivity index (χ0v) is 22.7. The van der Waals surface area contributed by atoms with Crippen LogP contribution in [0.1, 0.15) is 23.1 Å². The van der Waals surface area contributed by atoms with E-state index in [-0.39, 0.29) is 51.4 Å². The van der Waals surface area contributed by atoms with Gasteiger partial charge in [0.05, 0.1) is 4.90 Å². The van der Waals surface area contributed by atoms with Gasteiger partial charge in [0.2, 0.25) is 0 Å². The zero-order chi connectivity index (χ0) is 22.1. The molecule has 0 aromatic heterocycles. The van der Waals surface area contributed by atoms with Gasteiger partial charge in [-0.2, -0.15) is 0 Å². The Hall–Kier alpha value is -1.35. The molecule has 1 atom stereocenters. The smallest absolute Gasteiger partial charge is 0.758 e. The molecule has 2 aliphatic rings. The van der Waals surface area contributed by atoms with Gasteiger partial charge in [-0.3, -0.25) is 0 Å². The summed E-state index contributed by atoms with van der Waals surface area (Å²) >= 11 is 0. The number of nitrogens with zero attached hydrogens (tertiary/aromatic N) is 1. The van der Waals surface area contributed by atoms with E-state index >= 15 is 0 Å². The summed E-state index contributed by atoms with van der Waals surface area (Å²) in [5, 5.41) is 20.0. The number of hydroxylamine groups is 1. The van der Waals surface area contributed by atoms with Crippen LogP contribution < -0.4 is 61.6 Å². The maximum atomic E-state index is 11.2. The average Bonchev–Trinajstić information content (AvgIpc) is 3.45. The molecule has 1 heterocycles. The van der Waals surface area contributed by atoms with E-state index in [2.05, 4.69) is 60.7 Å². The second-order valence-corrected chi connectivity index (χ2v) is 9.37. The number of fused-ring (bicyclic) bond motifs is 3. The molecule has 0 amide bonds. The molecule has 0 saturated heterocycles. The monoisotopic (exact) mass is 480 g/mol. The molecule has 4 aromatic carbocycles. The Morgan fingerprint density at radius 1 is 0.818 bits per heavy atom. The van der Waals surface area contributed by atoms with Gasteiger partial charge in [0.15, 0.2) is 0 Å². The Labute approximate surface area is 239 Å².